The maximum Gasteiger partial charge on any atom is 0.115 e. The van der Waals surface area contributed by atoms with Gasteiger partial charge in [0.15, 0.2) is 0 Å². The van der Waals surface area contributed by atoms with Crippen LogP contribution in [-0.2, 0) is 4.74 Å². The summed E-state index contributed by atoms with van der Waals surface area (Å²) in [5, 5.41) is 3.50. The van der Waals surface area contributed by atoms with Crippen molar-refractivity contribution in [1.82, 2.24) is 5.32 Å². The van der Waals surface area contributed by atoms with Gasteiger partial charge in [-0.15, -0.1) is 0 Å². The molecule has 1 aliphatic rings. The quantitative estimate of drug-likeness (QED) is 0.701. The summed E-state index contributed by atoms with van der Waals surface area (Å²) in [6.07, 6.45) is 7.03. The van der Waals surface area contributed by atoms with Gasteiger partial charge in [0.2, 0.25) is 0 Å². The normalized spacial score (nSPS) is 20.6. The first-order valence-corrected chi connectivity index (χ1v) is 6.64. The largest absolute Gasteiger partial charge is 0.491 e. The van der Waals surface area contributed by atoms with Gasteiger partial charge in [-0.05, 0) is 32.2 Å². The van der Waals surface area contributed by atoms with Crippen LogP contribution in [0.3, 0.4) is 0 Å². The summed E-state index contributed by atoms with van der Waals surface area (Å²) in [6, 6.07) is 0. The number of hydrogen-bond donors (Lipinski definition) is 2. The summed E-state index contributed by atoms with van der Waals surface area (Å²) in [7, 11) is 0. The second-order valence-electron chi connectivity index (χ2n) is 4.41. The number of rotatable bonds is 7. The van der Waals surface area contributed by atoms with Gasteiger partial charge in [0.1, 0.15) is 11.9 Å². The molecular weight excluding hydrogens is 200 g/mol. The van der Waals surface area contributed by atoms with Crippen LogP contribution in [0.2, 0.25) is 0 Å². The Morgan fingerprint density at radius 1 is 1.38 bits per heavy atom. The molecule has 3 nitrogen and oxygen atoms in total. The van der Waals surface area contributed by atoms with Gasteiger partial charge < -0.3 is 15.8 Å². The first-order chi connectivity index (χ1) is 7.81. The lowest BCUT2D eigenvalue weighted by molar-refractivity contribution is 0.0800. The van der Waals surface area contributed by atoms with E-state index in [1.807, 2.05) is 0 Å². The van der Waals surface area contributed by atoms with Crippen LogP contribution >= 0.6 is 0 Å². The van der Waals surface area contributed by atoms with E-state index in [2.05, 4.69) is 19.2 Å². The summed E-state index contributed by atoms with van der Waals surface area (Å²) in [5.74, 6) is 1.15. The van der Waals surface area contributed by atoms with E-state index in [0.717, 1.165) is 44.5 Å². The van der Waals surface area contributed by atoms with Crippen LogP contribution in [-0.4, -0.2) is 19.2 Å². The average Bonchev–Trinajstić information content (AvgIpc) is 2.33. The molecule has 0 spiro atoms. The first kappa shape index (κ1) is 13.4. The lowest BCUT2D eigenvalue weighted by Gasteiger charge is -2.30. The zero-order valence-corrected chi connectivity index (χ0v) is 10.7. The summed E-state index contributed by atoms with van der Waals surface area (Å²) >= 11 is 0. The maximum atomic E-state index is 6.06. The SMILES string of the molecule is CCCCC1CNC(CC)=C(CCCN)O1. The van der Waals surface area contributed by atoms with Crippen LogP contribution in [0.15, 0.2) is 11.5 Å². The van der Waals surface area contributed by atoms with Crippen LogP contribution in [0.5, 0.6) is 0 Å². The van der Waals surface area contributed by atoms with Crippen molar-refractivity contribution in [3.05, 3.63) is 11.5 Å². The zero-order valence-electron chi connectivity index (χ0n) is 10.7. The molecule has 1 atom stereocenters. The van der Waals surface area contributed by atoms with Crippen LogP contribution in [0.1, 0.15) is 52.4 Å². The molecule has 94 valence electrons. The zero-order chi connectivity index (χ0) is 11.8. The highest BCUT2D eigenvalue weighted by atomic mass is 16.5. The fraction of sp³-hybridized carbons (Fsp3) is 0.846. The second kappa shape index (κ2) is 7.55. The van der Waals surface area contributed by atoms with E-state index in [1.165, 1.54) is 18.5 Å². The number of allylic oxidation sites excluding steroid dienone is 2. The van der Waals surface area contributed by atoms with Crippen molar-refractivity contribution in [3.8, 4) is 0 Å². The van der Waals surface area contributed by atoms with Gasteiger partial charge in [-0.1, -0.05) is 20.3 Å². The van der Waals surface area contributed by atoms with Crippen LogP contribution in [0.4, 0.5) is 0 Å². The van der Waals surface area contributed by atoms with E-state index in [1.54, 1.807) is 0 Å². The molecule has 16 heavy (non-hydrogen) atoms. The van der Waals surface area contributed by atoms with Crippen LogP contribution < -0.4 is 11.1 Å². The molecule has 1 aliphatic heterocycles. The van der Waals surface area contributed by atoms with Crippen molar-refractivity contribution in [1.29, 1.82) is 0 Å². The van der Waals surface area contributed by atoms with Gasteiger partial charge >= 0.3 is 0 Å². The summed E-state index contributed by atoms with van der Waals surface area (Å²) in [6.45, 7) is 6.10. The lowest BCUT2D eigenvalue weighted by atomic mass is 10.1. The van der Waals surface area contributed by atoms with E-state index in [-0.39, 0.29) is 0 Å². The molecule has 1 unspecified atom stereocenters. The molecule has 0 saturated carbocycles. The molecule has 0 fully saturated rings. The number of ether oxygens (including phenoxy) is 1. The fourth-order valence-electron chi connectivity index (χ4n) is 2.04. The molecule has 3 N–H and O–H groups in total. The van der Waals surface area contributed by atoms with E-state index in [4.69, 9.17) is 10.5 Å². The minimum atomic E-state index is 0.364. The molecule has 0 aromatic rings. The molecule has 3 heteroatoms. The van der Waals surface area contributed by atoms with Gasteiger partial charge in [0, 0.05) is 12.1 Å². The first-order valence-electron chi connectivity index (χ1n) is 6.64. The highest BCUT2D eigenvalue weighted by Crippen LogP contribution is 2.22. The molecule has 0 radical (unpaired) electrons. The van der Waals surface area contributed by atoms with E-state index in [9.17, 15) is 0 Å². The predicted octanol–water partition coefficient (Wildman–Crippen LogP) is 2.53. The Balaban J connectivity index is 2.48. The van der Waals surface area contributed by atoms with E-state index < -0.39 is 0 Å². The van der Waals surface area contributed by atoms with Crippen molar-refractivity contribution in [2.24, 2.45) is 5.73 Å². The standard InChI is InChI=1S/C13H26N2O/c1-3-5-7-11-10-15-12(4-2)13(16-11)8-6-9-14/h11,15H,3-10,14H2,1-2H3. The molecule has 1 heterocycles. The molecular formula is C13H26N2O. The Bertz CT molecular complexity index is 226. The minimum Gasteiger partial charge on any atom is -0.491 e. The Morgan fingerprint density at radius 2 is 2.19 bits per heavy atom. The Morgan fingerprint density at radius 3 is 2.81 bits per heavy atom. The minimum absolute atomic E-state index is 0.364. The smallest absolute Gasteiger partial charge is 0.115 e. The molecule has 0 aromatic heterocycles. The van der Waals surface area contributed by atoms with Gasteiger partial charge in [-0.3, -0.25) is 0 Å². The van der Waals surface area contributed by atoms with Crippen LogP contribution in [0, 0.1) is 0 Å². The third-order valence-corrected chi connectivity index (χ3v) is 3.03. The highest BCUT2D eigenvalue weighted by Gasteiger charge is 2.19. The van der Waals surface area contributed by atoms with Gasteiger partial charge in [0.05, 0.1) is 6.54 Å². The molecule has 0 aromatic carbocycles. The highest BCUT2D eigenvalue weighted by molar-refractivity contribution is 5.10. The number of nitrogens with two attached hydrogens (primary N) is 1. The van der Waals surface area contributed by atoms with E-state index in [0.29, 0.717) is 6.10 Å². The molecule has 0 aliphatic carbocycles. The van der Waals surface area contributed by atoms with Gasteiger partial charge in [-0.25, -0.2) is 0 Å². The average molecular weight is 226 g/mol. The maximum absolute atomic E-state index is 6.06. The van der Waals surface area contributed by atoms with Crippen LogP contribution in [0.25, 0.3) is 0 Å². The molecule has 0 amide bonds. The predicted molar refractivity (Wildman–Crippen MR) is 68.0 cm³/mol. The molecule has 0 bridgehead atoms. The van der Waals surface area contributed by atoms with Crippen molar-refractivity contribution >= 4 is 0 Å². The topological polar surface area (TPSA) is 47.3 Å². The molecule has 1 rings (SSSR count). The third-order valence-electron chi connectivity index (χ3n) is 3.03. The molecule has 0 saturated heterocycles. The fourth-order valence-corrected chi connectivity index (χ4v) is 2.04. The Hall–Kier alpha value is -0.700. The summed E-state index contributed by atoms with van der Waals surface area (Å²) in [4.78, 5) is 0. The number of hydrogen-bond acceptors (Lipinski definition) is 3. The monoisotopic (exact) mass is 226 g/mol. The second-order valence-corrected chi connectivity index (χ2v) is 4.41. The van der Waals surface area contributed by atoms with Gasteiger partial charge in [0.25, 0.3) is 0 Å². The van der Waals surface area contributed by atoms with Crippen molar-refractivity contribution in [3.63, 3.8) is 0 Å². The Labute approximate surface area is 99.4 Å². The summed E-state index contributed by atoms with van der Waals surface area (Å²) in [5.41, 5.74) is 6.83. The number of nitrogens with one attached hydrogen (secondary N) is 1. The summed E-state index contributed by atoms with van der Waals surface area (Å²) < 4.78 is 6.06. The lowest BCUT2D eigenvalue weighted by Crippen LogP contribution is -2.35. The van der Waals surface area contributed by atoms with Crippen molar-refractivity contribution in [2.75, 3.05) is 13.1 Å². The third kappa shape index (κ3) is 4.05. The van der Waals surface area contributed by atoms with Crippen molar-refractivity contribution in [2.45, 2.75) is 58.5 Å². The number of unbranched alkanes of at least 4 members (excludes halogenated alkanes) is 1. The van der Waals surface area contributed by atoms with Crippen molar-refractivity contribution < 1.29 is 4.74 Å². The Kier molecular flexibility index (Phi) is 6.31. The van der Waals surface area contributed by atoms with E-state index >= 15 is 0 Å². The van der Waals surface area contributed by atoms with Gasteiger partial charge in [-0.2, -0.15) is 0 Å².